The average molecular weight is 112 g/mol. The molecule has 0 aromatic rings. The second-order valence-electron chi connectivity index (χ2n) is 2.10. The zero-order valence-corrected chi connectivity index (χ0v) is 4.54. The summed E-state index contributed by atoms with van der Waals surface area (Å²) in [7, 11) is 0. The van der Waals surface area contributed by atoms with Crippen molar-refractivity contribution in [3.8, 4) is 0 Å². The van der Waals surface area contributed by atoms with E-state index in [9.17, 15) is 0 Å². The van der Waals surface area contributed by atoms with Crippen molar-refractivity contribution in [2.24, 2.45) is 0 Å². The van der Waals surface area contributed by atoms with Gasteiger partial charge in [0, 0.05) is 6.42 Å². The predicted octanol–water partition coefficient (Wildman–Crippen LogP) is 0.688. The van der Waals surface area contributed by atoms with E-state index in [0.29, 0.717) is 0 Å². The van der Waals surface area contributed by atoms with Crippen molar-refractivity contribution >= 4 is 0 Å². The molecule has 2 aliphatic rings. The Morgan fingerprint density at radius 1 is 1.50 bits per heavy atom. The minimum absolute atomic E-state index is 0.0741. The molecule has 1 saturated heterocycles. The third-order valence-corrected chi connectivity index (χ3v) is 1.45. The molecule has 2 heterocycles. The second-order valence-corrected chi connectivity index (χ2v) is 2.10. The first-order valence-electron chi connectivity index (χ1n) is 2.89. The SMILES string of the molecule is C1=C[C@H]2CO[C@@H](C1)O2. The number of ether oxygens (including phenoxy) is 2. The molecule has 2 nitrogen and oxygen atoms in total. The average Bonchev–Trinajstić information content (AvgIpc) is 2.12. The van der Waals surface area contributed by atoms with Gasteiger partial charge in [-0.3, -0.25) is 0 Å². The fourth-order valence-corrected chi connectivity index (χ4v) is 1.04. The van der Waals surface area contributed by atoms with E-state index in [1.54, 1.807) is 0 Å². The molecule has 0 aromatic heterocycles. The topological polar surface area (TPSA) is 18.5 Å². The van der Waals surface area contributed by atoms with Crippen molar-refractivity contribution in [1.29, 1.82) is 0 Å². The Labute approximate surface area is 48.1 Å². The summed E-state index contributed by atoms with van der Waals surface area (Å²) in [6.07, 6.45) is 5.44. The highest BCUT2D eigenvalue weighted by atomic mass is 16.7. The predicted molar refractivity (Wildman–Crippen MR) is 28.4 cm³/mol. The standard InChI is InChI=1S/C6H8O2/c1-2-5-4-7-6(3-1)8-5/h1-2,5-6H,3-4H2/t5-,6+/m0/s1. The highest BCUT2D eigenvalue weighted by Gasteiger charge is 2.25. The van der Waals surface area contributed by atoms with Gasteiger partial charge in [0.1, 0.15) is 6.10 Å². The minimum Gasteiger partial charge on any atom is -0.349 e. The van der Waals surface area contributed by atoms with Gasteiger partial charge >= 0.3 is 0 Å². The second kappa shape index (κ2) is 1.57. The third kappa shape index (κ3) is 0.572. The van der Waals surface area contributed by atoms with Gasteiger partial charge in [0.05, 0.1) is 6.61 Å². The molecule has 0 spiro atoms. The first kappa shape index (κ1) is 4.53. The Morgan fingerprint density at radius 2 is 2.50 bits per heavy atom. The van der Waals surface area contributed by atoms with E-state index in [1.165, 1.54) is 0 Å². The summed E-state index contributed by atoms with van der Waals surface area (Å²) in [4.78, 5) is 0. The molecule has 2 aliphatic heterocycles. The number of fused-ring (bicyclic) bond motifs is 2. The van der Waals surface area contributed by atoms with Crippen LogP contribution in [0.3, 0.4) is 0 Å². The minimum atomic E-state index is 0.0741. The van der Waals surface area contributed by atoms with Gasteiger partial charge in [-0.05, 0) is 0 Å². The van der Waals surface area contributed by atoms with Crippen molar-refractivity contribution in [3.63, 3.8) is 0 Å². The normalized spacial score (nSPS) is 43.0. The van der Waals surface area contributed by atoms with Gasteiger partial charge in [-0.15, -0.1) is 0 Å². The number of hydrogen-bond acceptors (Lipinski definition) is 2. The maximum atomic E-state index is 5.29. The van der Waals surface area contributed by atoms with E-state index in [2.05, 4.69) is 12.2 Å². The van der Waals surface area contributed by atoms with E-state index < -0.39 is 0 Å². The summed E-state index contributed by atoms with van der Waals surface area (Å²) in [6, 6.07) is 0. The van der Waals surface area contributed by atoms with Crippen LogP contribution in [0.1, 0.15) is 6.42 Å². The summed E-state index contributed by atoms with van der Waals surface area (Å²) in [5.41, 5.74) is 0. The molecule has 2 heteroatoms. The van der Waals surface area contributed by atoms with Crippen LogP contribution < -0.4 is 0 Å². The van der Waals surface area contributed by atoms with E-state index in [1.807, 2.05) is 0 Å². The smallest absolute Gasteiger partial charge is 0.162 e. The lowest BCUT2D eigenvalue weighted by molar-refractivity contribution is -0.0519. The zero-order valence-electron chi connectivity index (χ0n) is 4.54. The molecule has 0 N–H and O–H groups in total. The molecule has 0 amide bonds. The molecule has 44 valence electrons. The van der Waals surface area contributed by atoms with E-state index in [0.717, 1.165) is 13.0 Å². The molecule has 0 saturated carbocycles. The monoisotopic (exact) mass is 112 g/mol. The summed E-state index contributed by atoms with van der Waals surface area (Å²) < 4.78 is 10.5. The van der Waals surface area contributed by atoms with Crippen molar-refractivity contribution in [2.45, 2.75) is 18.8 Å². The Morgan fingerprint density at radius 3 is 3.25 bits per heavy atom. The molecule has 1 fully saturated rings. The Hall–Kier alpha value is -0.340. The Balaban J connectivity index is 2.17. The molecule has 0 aliphatic carbocycles. The highest BCUT2D eigenvalue weighted by molar-refractivity contribution is 4.97. The summed E-state index contributed by atoms with van der Waals surface area (Å²) in [5, 5.41) is 0. The van der Waals surface area contributed by atoms with Crippen LogP contribution in [0.2, 0.25) is 0 Å². The Kier molecular flexibility index (Phi) is 0.889. The lowest BCUT2D eigenvalue weighted by atomic mass is 10.3. The maximum Gasteiger partial charge on any atom is 0.162 e. The maximum absolute atomic E-state index is 5.29. The first-order chi connectivity index (χ1) is 3.95. The third-order valence-electron chi connectivity index (χ3n) is 1.45. The van der Waals surface area contributed by atoms with Gasteiger partial charge < -0.3 is 9.47 Å². The lowest BCUT2D eigenvalue weighted by Gasteiger charge is -2.10. The fraction of sp³-hybridized carbons (Fsp3) is 0.667. The van der Waals surface area contributed by atoms with E-state index >= 15 is 0 Å². The molecular formula is C6H8O2. The highest BCUT2D eigenvalue weighted by Crippen LogP contribution is 2.20. The largest absolute Gasteiger partial charge is 0.349 e. The lowest BCUT2D eigenvalue weighted by Crippen LogP contribution is -2.12. The van der Waals surface area contributed by atoms with Crippen LogP contribution in [0, 0.1) is 0 Å². The van der Waals surface area contributed by atoms with E-state index in [-0.39, 0.29) is 12.4 Å². The van der Waals surface area contributed by atoms with Crippen LogP contribution in [0.5, 0.6) is 0 Å². The molecule has 2 atom stereocenters. The van der Waals surface area contributed by atoms with Crippen LogP contribution in [-0.2, 0) is 9.47 Å². The van der Waals surface area contributed by atoms with Gasteiger partial charge in [-0.2, -0.15) is 0 Å². The molecule has 0 radical (unpaired) electrons. The van der Waals surface area contributed by atoms with Gasteiger partial charge in [0.25, 0.3) is 0 Å². The number of hydrogen-bond donors (Lipinski definition) is 0. The molecule has 2 bridgehead atoms. The number of rotatable bonds is 0. The van der Waals surface area contributed by atoms with Crippen molar-refractivity contribution < 1.29 is 9.47 Å². The van der Waals surface area contributed by atoms with Gasteiger partial charge in [-0.1, -0.05) is 12.2 Å². The molecular weight excluding hydrogens is 104 g/mol. The summed E-state index contributed by atoms with van der Waals surface area (Å²) in [6.45, 7) is 0.751. The van der Waals surface area contributed by atoms with Crippen LogP contribution in [0.4, 0.5) is 0 Å². The van der Waals surface area contributed by atoms with Crippen LogP contribution in [0.15, 0.2) is 12.2 Å². The van der Waals surface area contributed by atoms with Crippen LogP contribution in [-0.4, -0.2) is 19.0 Å². The first-order valence-corrected chi connectivity index (χ1v) is 2.89. The van der Waals surface area contributed by atoms with Crippen LogP contribution >= 0.6 is 0 Å². The zero-order chi connectivity index (χ0) is 5.40. The molecule has 0 unspecified atom stereocenters. The van der Waals surface area contributed by atoms with Gasteiger partial charge in [0.15, 0.2) is 6.29 Å². The summed E-state index contributed by atoms with van der Waals surface area (Å²) in [5.74, 6) is 0. The molecule has 2 rings (SSSR count). The van der Waals surface area contributed by atoms with E-state index in [4.69, 9.17) is 9.47 Å². The van der Waals surface area contributed by atoms with Gasteiger partial charge in [0.2, 0.25) is 0 Å². The molecule has 0 aromatic carbocycles. The quantitative estimate of drug-likeness (QED) is 0.429. The van der Waals surface area contributed by atoms with Crippen molar-refractivity contribution in [2.75, 3.05) is 6.61 Å². The summed E-state index contributed by atoms with van der Waals surface area (Å²) >= 11 is 0. The van der Waals surface area contributed by atoms with Crippen molar-refractivity contribution in [3.05, 3.63) is 12.2 Å². The van der Waals surface area contributed by atoms with Crippen molar-refractivity contribution in [1.82, 2.24) is 0 Å². The molecule has 8 heavy (non-hydrogen) atoms. The Bertz CT molecular complexity index is 120. The fourth-order valence-electron chi connectivity index (χ4n) is 1.04. The van der Waals surface area contributed by atoms with Crippen LogP contribution in [0.25, 0.3) is 0 Å². The van der Waals surface area contributed by atoms with Gasteiger partial charge in [-0.25, -0.2) is 0 Å².